The van der Waals surface area contributed by atoms with Crippen molar-refractivity contribution in [1.82, 2.24) is 14.5 Å². The van der Waals surface area contributed by atoms with Gasteiger partial charge < -0.3 is 19.2 Å². The van der Waals surface area contributed by atoms with Crippen molar-refractivity contribution in [3.05, 3.63) is 48.2 Å². The van der Waals surface area contributed by atoms with E-state index in [2.05, 4.69) is 28.6 Å². The Hall–Kier alpha value is -2.60. The molecule has 0 aliphatic rings. The first kappa shape index (κ1) is 17.2. The summed E-state index contributed by atoms with van der Waals surface area (Å²) in [5.41, 5.74) is 2.65. The highest BCUT2D eigenvalue weighted by molar-refractivity contribution is 6.03. The molecule has 1 aromatic carbocycles. The van der Waals surface area contributed by atoms with Crippen LogP contribution in [0.2, 0.25) is 0 Å². The van der Waals surface area contributed by atoms with Gasteiger partial charge >= 0.3 is 0 Å². The number of benzene rings is 1. The number of aryl methyl sites for hydroxylation is 1. The lowest BCUT2D eigenvalue weighted by Crippen LogP contribution is -2.26. The average Bonchev–Trinajstić information content (AvgIpc) is 3.25. The summed E-state index contributed by atoms with van der Waals surface area (Å²) in [6, 6.07) is 9.11. The molecular formula is C19H24N4O2. The van der Waals surface area contributed by atoms with Gasteiger partial charge in [-0.3, -0.25) is 4.79 Å². The Balaban J connectivity index is 1.77. The molecular weight excluding hydrogens is 316 g/mol. The molecule has 6 nitrogen and oxygen atoms in total. The summed E-state index contributed by atoms with van der Waals surface area (Å²) in [5.74, 6) is 1.08. The number of rotatable bonds is 7. The predicted molar refractivity (Wildman–Crippen MR) is 98.9 cm³/mol. The van der Waals surface area contributed by atoms with E-state index in [0.29, 0.717) is 11.4 Å². The number of furan rings is 1. The van der Waals surface area contributed by atoms with Crippen molar-refractivity contribution in [3.63, 3.8) is 0 Å². The summed E-state index contributed by atoms with van der Waals surface area (Å²) >= 11 is 0. The van der Waals surface area contributed by atoms with Crippen LogP contribution in [0, 0.1) is 0 Å². The van der Waals surface area contributed by atoms with Crippen molar-refractivity contribution in [2.45, 2.75) is 20.3 Å². The van der Waals surface area contributed by atoms with Crippen LogP contribution >= 0.6 is 0 Å². The third-order valence-corrected chi connectivity index (χ3v) is 4.52. The molecule has 0 aliphatic carbocycles. The van der Waals surface area contributed by atoms with Crippen LogP contribution in [0.25, 0.3) is 11.0 Å². The Morgan fingerprint density at radius 1 is 1.28 bits per heavy atom. The Kier molecular flexibility index (Phi) is 5.19. The molecule has 0 unspecified atom stereocenters. The molecule has 0 atom stereocenters. The second-order valence-corrected chi connectivity index (χ2v) is 6.00. The van der Waals surface area contributed by atoms with Crippen molar-refractivity contribution in [1.29, 1.82) is 0 Å². The first-order chi connectivity index (χ1) is 12.1. The number of carbonyl (C=O) groups excluding carboxylic acids is 1. The molecule has 0 spiro atoms. The third kappa shape index (κ3) is 3.74. The van der Waals surface area contributed by atoms with E-state index < -0.39 is 0 Å². The summed E-state index contributed by atoms with van der Waals surface area (Å²) in [6.45, 7) is 7.43. The fraction of sp³-hybridized carbons (Fsp3) is 0.368. The van der Waals surface area contributed by atoms with Crippen molar-refractivity contribution in [2.75, 3.05) is 25.0 Å². The van der Waals surface area contributed by atoms with Gasteiger partial charge in [0.25, 0.3) is 5.91 Å². The number of fused-ring (bicyclic) bond motifs is 1. The van der Waals surface area contributed by atoms with E-state index in [0.717, 1.165) is 42.9 Å². The lowest BCUT2D eigenvalue weighted by Gasteiger charge is -2.17. The Morgan fingerprint density at radius 2 is 2.08 bits per heavy atom. The minimum absolute atomic E-state index is 0.262. The normalized spacial score (nSPS) is 11.4. The molecule has 132 valence electrons. The number of hydrogen-bond acceptors (Lipinski definition) is 4. The molecule has 1 amide bonds. The number of aromatic nitrogens is 2. The summed E-state index contributed by atoms with van der Waals surface area (Å²) in [5, 5.41) is 2.84. The molecule has 0 bridgehead atoms. The predicted octanol–water partition coefficient (Wildman–Crippen LogP) is 3.30. The van der Waals surface area contributed by atoms with Gasteiger partial charge in [-0.05, 0) is 43.4 Å². The topological polar surface area (TPSA) is 63.3 Å². The quantitative estimate of drug-likeness (QED) is 0.717. The molecule has 0 aliphatic heterocycles. The van der Waals surface area contributed by atoms with Gasteiger partial charge in [-0.15, -0.1) is 0 Å². The van der Waals surface area contributed by atoms with Crippen LogP contribution in [0.5, 0.6) is 0 Å². The van der Waals surface area contributed by atoms with Gasteiger partial charge in [-0.25, -0.2) is 4.98 Å². The van der Waals surface area contributed by atoms with Crippen LogP contribution in [-0.4, -0.2) is 40.0 Å². The van der Waals surface area contributed by atoms with Crippen molar-refractivity contribution in [3.8, 4) is 0 Å². The molecule has 2 aromatic heterocycles. The lowest BCUT2D eigenvalue weighted by molar-refractivity contribution is 0.0996. The molecule has 1 N–H and O–H groups in total. The second kappa shape index (κ2) is 7.53. The van der Waals surface area contributed by atoms with Crippen LogP contribution in [-0.2, 0) is 13.5 Å². The SMILES string of the molecule is CCN(CC)CCc1nc2cc(NC(=O)c3ccco3)ccc2n1C. The summed E-state index contributed by atoms with van der Waals surface area (Å²) in [4.78, 5) is 19.2. The zero-order valence-corrected chi connectivity index (χ0v) is 15.0. The molecule has 2 heterocycles. The highest BCUT2D eigenvalue weighted by Crippen LogP contribution is 2.20. The van der Waals surface area contributed by atoms with Crippen molar-refractivity contribution in [2.24, 2.45) is 7.05 Å². The minimum Gasteiger partial charge on any atom is -0.459 e. The Labute approximate surface area is 147 Å². The Morgan fingerprint density at radius 3 is 2.76 bits per heavy atom. The summed E-state index contributed by atoms with van der Waals surface area (Å²) < 4.78 is 7.24. The molecule has 0 radical (unpaired) electrons. The number of likely N-dealkylation sites (N-methyl/N-ethyl adjacent to an activating group) is 1. The number of nitrogens with zero attached hydrogens (tertiary/aromatic N) is 3. The van der Waals surface area contributed by atoms with E-state index in [-0.39, 0.29) is 5.91 Å². The molecule has 0 saturated carbocycles. The van der Waals surface area contributed by atoms with E-state index in [4.69, 9.17) is 9.40 Å². The van der Waals surface area contributed by atoms with Gasteiger partial charge in [-0.1, -0.05) is 13.8 Å². The van der Waals surface area contributed by atoms with E-state index in [1.165, 1.54) is 6.26 Å². The van der Waals surface area contributed by atoms with Gasteiger partial charge in [0, 0.05) is 25.7 Å². The van der Waals surface area contributed by atoms with Crippen molar-refractivity contribution < 1.29 is 9.21 Å². The van der Waals surface area contributed by atoms with Crippen LogP contribution in [0.3, 0.4) is 0 Å². The number of carbonyl (C=O) groups is 1. The Bertz CT molecular complexity index is 848. The molecule has 0 fully saturated rings. The maximum Gasteiger partial charge on any atom is 0.291 e. The molecule has 3 rings (SSSR count). The maximum atomic E-state index is 12.1. The van der Waals surface area contributed by atoms with Gasteiger partial charge in [0.1, 0.15) is 5.82 Å². The number of nitrogens with one attached hydrogen (secondary N) is 1. The average molecular weight is 340 g/mol. The zero-order valence-electron chi connectivity index (χ0n) is 15.0. The lowest BCUT2D eigenvalue weighted by atomic mass is 10.2. The largest absolute Gasteiger partial charge is 0.459 e. The van der Waals surface area contributed by atoms with Crippen molar-refractivity contribution >= 4 is 22.6 Å². The number of amides is 1. The van der Waals surface area contributed by atoms with Crippen LogP contribution in [0.4, 0.5) is 5.69 Å². The molecule has 0 saturated heterocycles. The molecule has 3 aromatic rings. The fourth-order valence-corrected chi connectivity index (χ4v) is 2.95. The van der Waals surface area contributed by atoms with E-state index >= 15 is 0 Å². The monoisotopic (exact) mass is 340 g/mol. The summed E-state index contributed by atoms with van der Waals surface area (Å²) in [7, 11) is 2.04. The van der Waals surface area contributed by atoms with Gasteiger partial charge in [-0.2, -0.15) is 0 Å². The van der Waals surface area contributed by atoms with E-state index in [9.17, 15) is 4.79 Å². The first-order valence-electron chi connectivity index (χ1n) is 8.65. The highest BCUT2D eigenvalue weighted by Gasteiger charge is 2.12. The third-order valence-electron chi connectivity index (χ3n) is 4.52. The number of imidazole rings is 1. The zero-order chi connectivity index (χ0) is 17.8. The van der Waals surface area contributed by atoms with E-state index in [1.807, 2.05) is 25.2 Å². The minimum atomic E-state index is -0.262. The molecule has 6 heteroatoms. The number of hydrogen-bond donors (Lipinski definition) is 1. The van der Waals surface area contributed by atoms with E-state index in [1.54, 1.807) is 12.1 Å². The number of anilines is 1. The van der Waals surface area contributed by atoms with Gasteiger partial charge in [0.15, 0.2) is 5.76 Å². The molecule has 25 heavy (non-hydrogen) atoms. The first-order valence-corrected chi connectivity index (χ1v) is 8.65. The standard InChI is InChI=1S/C19H24N4O2/c1-4-23(5-2)11-10-18-21-15-13-14(8-9-16(15)22(18)3)20-19(24)17-7-6-12-25-17/h6-9,12-13H,4-5,10-11H2,1-3H3,(H,20,24). The van der Waals surface area contributed by atoms with Crippen LogP contribution in [0.15, 0.2) is 41.0 Å². The van der Waals surface area contributed by atoms with Crippen LogP contribution in [0.1, 0.15) is 30.2 Å². The maximum absolute atomic E-state index is 12.1. The highest BCUT2D eigenvalue weighted by atomic mass is 16.3. The smallest absolute Gasteiger partial charge is 0.291 e. The second-order valence-electron chi connectivity index (χ2n) is 6.00. The van der Waals surface area contributed by atoms with Gasteiger partial charge in [0.2, 0.25) is 0 Å². The van der Waals surface area contributed by atoms with Crippen LogP contribution < -0.4 is 5.32 Å². The fourth-order valence-electron chi connectivity index (χ4n) is 2.95. The summed E-state index contributed by atoms with van der Waals surface area (Å²) in [6.07, 6.45) is 2.39. The van der Waals surface area contributed by atoms with Gasteiger partial charge in [0.05, 0.1) is 17.3 Å².